The monoisotopic (exact) mass is 315 g/mol. The molecule has 2 fully saturated rings. The van der Waals surface area contributed by atoms with Crippen LogP contribution in [0.1, 0.15) is 26.7 Å². The Morgan fingerprint density at radius 3 is 2.67 bits per heavy atom. The molecule has 2 saturated heterocycles. The Hall–Kier alpha value is -0.950. The van der Waals surface area contributed by atoms with Crippen molar-refractivity contribution in [1.29, 1.82) is 0 Å². The van der Waals surface area contributed by atoms with Crippen molar-refractivity contribution >= 4 is 23.8 Å². The summed E-state index contributed by atoms with van der Waals surface area (Å²) in [5, 5.41) is 9.26. The summed E-state index contributed by atoms with van der Waals surface area (Å²) >= 11 is 1.54. The van der Waals surface area contributed by atoms with Crippen LogP contribution in [-0.4, -0.2) is 81.7 Å². The van der Waals surface area contributed by atoms with Crippen molar-refractivity contribution in [3.05, 3.63) is 0 Å². The smallest absolute Gasteiger partial charge is 0.327 e. The average Bonchev–Trinajstić information content (AvgIpc) is 2.72. The van der Waals surface area contributed by atoms with E-state index in [1.807, 2.05) is 11.8 Å². The summed E-state index contributed by atoms with van der Waals surface area (Å²) in [6, 6.07) is -0.643. The normalized spacial score (nSPS) is 31.3. The summed E-state index contributed by atoms with van der Waals surface area (Å²) < 4.78 is 0. The number of nitrogens with zero attached hydrogens (tertiary/aromatic N) is 3. The Morgan fingerprint density at radius 1 is 1.33 bits per heavy atom. The minimum Gasteiger partial charge on any atom is -0.480 e. The number of hydrogen-bond acceptors (Lipinski definition) is 4. The van der Waals surface area contributed by atoms with Crippen molar-refractivity contribution in [2.24, 2.45) is 0 Å². The molecule has 2 amide bonds. The van der Waals surface area contributed by atoms with Crippen molar-refractivity contribution in [2.45, 2.75) is 44.1 Å². The maximum absolute atomic E-state index is 12.9. The van der Waals surface area contributed by atoms with Crippen LogP contribution in [-0.2, 0) is 4.79 Å². The minimum atomic E-state index is -0.903. The van der Waals surface area contributed by atoms with E-state index in [0.29, 0.717) is 12.3 Å². The number of urea groups is 1. The van der Waals surface area contributed by atoms with E-state index >= 15 is 0 Å². The summed E-state index contributed by atoms with van der Waals surface area (Å²) in [5.74, 6) is -0.424. The van der Waals surface area contributed by atoms with E-state index < -0.39 is 12.0 Å². The topological polar surface area (TPSA) is 64.1 Å². The van der Waals surface area contributed by atoms with Crippen LogP contribution in [0.3, 0.4) is 0 Å². The number of thioether (sulfide) groups is 1. The summed E-state index contributed by atoms with van der Waals surface area (Å²) in [5.41, 5.74) is 0. The lowest BCUT2D eigenvalue weighted by Gasteiger charge is -2.36. The molecule has 2 rings (SSSR count). The summed E-state index contributed by atoms with van der Waals surface area (Å²) in [7, 11) is 2.07. The molecule has 3 atom stereocenters. The van der Waals surface area contributed by atoms with E-state index in [0.717, 1.165) is 25.9 Å². The minimum absolute atomic E-state index is 0.0721. The molecule has 21 heavy (non-hydrogen) atoms. The lowest BCUT2D eigenvalue weighted by Crippen LogP contribution is -2.54. The molecule has 2 aliphatic rings. The first kappa shape index (κ1) is 16.4. The molecule has 0 aromatic rings. The second-order valence-corrected chi connectivity index (χ2v) is 7.20. The number of aliphatic carboxylic acids is 1. The van der Waals surface area contributed by atoms with Crippen molar-refractivity contribution in [3.63, 3.8) is 0 Å². The summed E-state index contributed by atoms with van der Waals surface area (Å²) in [4.78, 5) is 30.0. The molecular formula is C14H25N3O3S. The first-order valence-electron chi connectivity index (χ1n) is 7.57. The standard InChI is InChI=1S/C14H25N3O3S/c1-4-11-8-15(3)6-5-7-16(11)14(20)17-10(2)21-9-12(17)13(18)19/h10-12H,4-9H2,1-3H3,(H,18,19). The number of carboxylic acids is 1. The quantitative estimate of drug-likeness (QED) is 0.834. The average molecular weight is 315 g/mol. The maximum atomic E-state index is 12.9. The molecule has 0 saturated carbocycles. The zero-order chi connectivity index (χ0) is 15.6. The van der Waals surface area contributed by atoms with Crippen LogP contribution in [0.4, 0.5) is 4.79 Å². The number of likely N-dealkylation sites (N-methyl/N-ethyl adjacent to an activating group) is 1. The number of amides is 2. The molecule has 0 bridgehead atoms. The fourth-order valence-corrected chi connectivity index (χ4v) is 4.28. The van der Waals surface area contributed by atoms with Gasteiger partial charge in [-0.1, -0.05) is 6.92 Å². The number of carboxylic acid groups (broad SMARTS) is 1. The van der Waals surface area contributed by atoms with Gasteiger partial charge in [0.05, 0.1) is 5.37 Å². The Bertz CT molecular complexity index is 407. The third kappa shape index (κ3) is 3.45. The van der Waals surface area contributed by atoms with Crippen molar-refractivity contribution in [2.75, 3.05) is 32.4 Å². The lowest BCUT2D eigenvalue weighted by atomic mass is 10.2. The van der Waals surface area contributed by atoms with Crippen molar-refractivity contribution in [1.82, 2.24) is 14.7 Å². The fraction of sp³-hybridized carbons (Fsp3) is 0.857. The largest absolute Gasteiger partial charge is 0.480 e. The number of carbonyl (C=O) groups is 2. The molecule has 0 aliphatic carbocycles. The van der Waals surface area contributed by atoms with Crippen LogP contribution in [0.25, 0.3) is 0 Å². The highest BCUT2D eigenvalue weighted by molar-refractivity contribution is 8.00. The van der Waals surface area contributed by atoms with Gasteiger partial charge in [-0.05, 0) is 33.4 Å². The van der Waals surface area contributed by atoms with Gasteiger partial charge in [0.25, 0.3) is 0 Å². The summed E-state index contributed by atoms with van der Waals surface area (Å²) in [6.07, 6.45) is 1.83. The number of carbonyl (C=O) groups excluding carboxylic acids is 1. The zero-order valence-corrected chi connectivity index (χ0v) is 13.8. The van der Waals surface area contributed by atoms with Gasteiger partial charge in [0.15, 0.2) is 0 Å². The highest BCUT2D eigenvalue weighted by Gasteiger charge is 2.42. The molecular weight excluding hydrogens is 290 g/mol. The molecule has 0 spiro atoms. The van der Waals surface area contributed by atoms with Crippen LogP contribution in [0.2, 0.25) is 0 Å². The molecule has 0 radical (unpaired) electrons. The molecule has 1 N–H and O–H groups in total. The first-order valence-corrected chi connectivity index (χ1v) is 8.62. The molecule has 7 heteroatoms. The van der Waals surface area contributed by atoms with E-state index in [1.54, 1.807) is 4.90 Å². The third-order valence-electron chi connectivity index (χ3n) is 4.35. The molecule has 6 nitrogen and oxygen atoms in total. The fourth-order valence-electron chi connectivity index (χ4n) is 3.12. The van der Waals surface area contributed by atoms with Crippen LogP contribution < -0.4 is 0 Å². The van der Waals surface area contributed by atoms with Crippen molar-refractivity contribution in [3.8, 4) is 0 Å². The molecule has 0 aromatic carbocycles. The predicted molar refractivity (Wildman–Crippen MR) is 83.5 cm³/mol. The Labute approximate surface area is 130 Å². The second kappa shape index (κ2) is 6.87. The van der Waals surface area contributed by atoms with E-state index in [9.17, 15) is 14.7 Å². The van der Waals surface area contributed by atoms with Gasteiger partial charge in [-0.3, -0.25) is 4.90 Å². The van der Waals surface area contributed by atoms with E-state index in [4.69, 9.17) is 0 Å². The van der Waals surface area contributed by atoms with E-state index in [2.05, 4.69) is 18.9 Å². The van der Waals surface area contributed by atoms with Gasteiger partial charge in [0.2, 0.25) is 0 Å². The van der Waals surface area contributed by atoms with Gasteiger partial charge in [-0.15, -0.1) is 11.8 Å². The van der Waals surface area contributed by atoms with Gasteiger partial charge < -0.3 is 14.9 Å². The van der Waals surface area contributed by atoms with Gasteiger partial charge in [0, 0.05) is 24.9 Å². The van der Waals surface area contributed by atoms with Crippen LogP contribution in [0, 0.1) is 0 Å². The number of hydrogen-bond donors (Lipinski definition) is 1. The van der Waals surface area contributed by atoms with Crippen LogP contribution >= 0.6 is 11.8 Å². The van der Waals surface area contributed by atoms with Gasteiger partial charge in [-0.2, -0.15) is 0 Å². The summed E-state index contributed by atoms with van der Waals surface area (Å²) in [6.45, 7) is 6.54. The van der Waals surface area contributed by atoms with Crippen LogP contribution in [0.15, 0.2) is 0 Å². The van der Waals surface area contributed by atoms with E-state index in [1.165, 1.54) is 11.8 Å². The Balaban J connectivity index is 2.17. The molecule has 3 unspecified atom stereocenters. The SMILES string of the molecule is CCC1CN(C)CCCN1C(=O)N1C(C)SCC1C(=O)O. The van der Waals surface area contributed by atoms with E-state index in [-0.39, 0.29) is 17.4 Å². The van der Waals surface area contributed by atoms with Crippen LogP contribution in [0.5, 0.6) is 0 Å². The Kier molecular flexibility index (Phi) is 5.37. The predicted octanol–water partition coefficient (Wildman–Crippen LogP) is 1.37. The molecule has 2 aliphatic heterocycles. The number of rotatable bonds is 2. The first-order chi connectivity index (χ1) is 9.95. The molecule has 0 aromatic heterocycles. The highest BCUT2D eigenvalue weighted by Crippen LogP contribution is 2.31. The van der Waals surface area contributed by atoms with Gasteiger partial charge in [0.1, 0.15) is 6.04 Å². The third-order valence-corrected chi connectivity index (χ3v) is 5.57. The zero-order valence-electron chi connectivity index (χ0n) is 13.0. The second-order valence-electron chi connectivity index (χ2n) is 5.85. The Morgan fingerprint density at radius 2 is 2.05 bits per heavy atom. The maximum Gasteiger partial charge on any atom is 0.327 e. The van der Waals surface area contributed by atoms with Gasteiger partial charge in [-0.25, -0.2) is 9.59 Å². The van der Waals surface area contributed by atoms with Gasteiger partial charge >= 0.3 is 12.0 Å². The molecule has 120 valence electrons. The van der Waals surface area contributed by atoms with Crippen molar-refractivity contribution < 1.29 is 14.7 Å². The molecule has 2 heterocycles. The lowest BCUT2D eigenvalue weighted by molar-refractivity contribution is -0.141. The highest BCUT2D eigenvalue weighted by atomic mass is 32.2.